The number of hydrogen-bond donors (Lipinski definition) is 0. The van der Waals surface area contributed by atoms with Gasteiger partial charge in [-0.2, -0.15) is 5.10 Å². The fourth-order valence-electron chi connectivity index (χ4n) is 2.76. The molecule has 0 fully saturated rings. The van der Waals surface area contributed by atoms with Crippen LogP contribution in [0.3, 0.4) is 0 Å². The summed E-state index contributed by atoms with van der Waals surface area (Å²) in [6.07, 6.45) is 7.49. The minimum atomic E-state index is -0.0478. The Hall–Kier alpha value is -3.02. The Labute approximate surface area is 132 Å². The lowest BCUT2D eigenvalue weighted by Gasteiger charge is -2.07. The van der Waals surface area contributed by atoms with E-state index >= 15 is 0 Å². The lowest BCUT2D eigenvalue weighted by atomic mass is 10.2. The molecule has 6 nitrogen and oxygen atoms in total. The fourth-order valence-corrected chi connectivity index (χ4v) is 2.76. The van der Waals surface area contributed by atoms with Crippen molar-refractivity contribution in [3.05, 3.63) is 65.6 Å². The van der Waals surface area contributed by atoms with Crippen molar-refractivity contribution in [2.75, 3.05) is 0 Å². The highest BCUT2D eigenvalue weighted by Gasteiger charge is 2.05. The predicted octanol–water partition coefficient (Wildman–Crippen LogP) is 2.23. The van der Waals surface area contributed by atoms with Crippen molar-refractivity contribution >= 4 is 21.8 Å². The molecule has 0 saturated heterocycles. The zero-order chi connectivity index (χ0) is 15.6. The highest BCUT2D eigenvalue weighted by atomic mass is 16.1. The van der Waals surface area contributed by atoms with E-state index in [1.165, 1.54) is 0 Å². The van der Waals surface area contributed by atoms with E-state index in [4.69, 9.17) is 0 Å². The molecular weight excluding hydrogens is 290 g/mol. The molecule has 6 heteroatoms. The smallest absolute Gasteiger partial charge is 0.262 e. The molecule has 1 aromatic carbocycles. The van der Waals surface area contributed by atoms with Crippen molar-refractivity contribution < 1.29 is 0 Å². The van der Waals surface area contributed by atoms with E-state index in [0.717, 1.165) is 23.9 Å². The predicted molar refractivity (Wildman–Crippen MR) is 88.1 cm³/mol. The number of para-hydroxylation sites is 1. The number of nitrogens with zero attached hydrogens (tertiary/aromatic N) is 5. The molecule has 3 heterocycles. The van der Waals surface area contributed by atoms with E-state index in [0.29, 0.717) is 17.4 Å². The number of rotatable bonds is 4. The summed E-state index contributed by atoms with van der Waals surface area (Å²) in [5, 5.41) is 6.09. The average molecular weight is 305 g/mol. The molecule has 114 valence electrons. The molecule has 23 heavy (non-hydrogen) atoms. The summed E-state index contributed by atoms with van der Waals surface area (Å²) in [6, 6.07) is 9.85. The first-order valence-electron chi connectivity index (χ1n) is 7.53. The first-order valence-corrected chi connectivity index (χ1v) is 7.53. The average Bonchev–Trinajstić information content (AvgIpc) is 3.01. The Morgan fingerprint density at radius 3 is 2.91 bits per heavy atom. The van der Waals surface area contributed by atoms with Crippen LogP contribution in [0.15, 0.2) is 60.0 Å². The third kappa shape index (κ3) is 2.48. The highest BCUT2D eigenvalue weighted by Crippen LogP contribution is 2.13. The second kappa shape index (κ2) is 5.64. The summed E-state index contributed by atoms with van der Waals surface area (Å²) in [5.41, 5.74) is 1.74. The molecule has 0 saturated carbocycles. The van der Waals surface area contributed by atoms with Crippen LogP contribution in [0.25, 0.3) is 21.8 Å². The van der Waals surface area contributed by atoms with Gasteiger partial charge in [-0.05, 0) is 18.6 Å². The lowest BCUT2D eigenvalue weighted by molar-refractivity contribution is 0.528. The monoisotopic (exact) mass is 305 g/mol. The largest absolute Gasteiger partial charge is 0.299 e. The van der Waals surface area contributed by atoms with Crippen LogP contribution in [-0.4, -0.2) is 24.3 Å². The maximum atomic E-state index is 12.4. The Kier molecular flexibility index (Phi) is 3.34. The number of benzene rings is 1. The van der Waals surface area contributed by atoms with E-state index in [-0.39, 0.29) is 5.56 Å². The van der Waals surface area contributed by atoms with Gasteiger partial charge in [0.2, 0.25) is 0 Å². The standard InChI is InChI=1S/C17H15N5O/c23-17-14-11-18-7-6-15(14)19-12-21(17)8-3-9-22-16-5-2-1-4-13(16)10-20-22/h1-2,4-7,10-12H,3,8-9H2. The van der Waals surface area contributed by atoms with Gasteiger partial charge in [-0.1, -0.05) is 18.2 Å². The number of aryl methyl sites for hydroxylation is 2. The molecular formula is C17H15N5O. The Morgan fingerprint density at radius 1 is 1.04 bits per heavy atom. The molecule has 4 aromatic rings. The van der Waals surface area contributed by atoms with Crippen LogP contribution >= 0.6 is 0 Å². The highest BCUT2D eigenvalue weighted by molar-refractivity contribution is 5.78. The zero-order valence-electron chi connectivity index (χ0n) is 12.5. The van der Waals surface area contributed by atoms with Crippen molar-refractivity contribution in [1.29, 1.82) is 0 Å². The summed E-state index contributed by atoms with van der Waals surface area (Å²) in [6.45, 7) is 1.36. The SMILES string of the molecule is O=c1c2cnccc2ncn1CCCn1ncc2ccccc21. The second-order valence-electron chi connectivity index (χ2n) is 5.42. The Bertz CT molecular complexity index is 1030. The minimum absolute atomic E-state index is 0.0478. The second-order valence-corrected chi connectivity index (χ2v) is 5.42. The molecule has 0 N–H and O–H groups in total. The van der Waals surface area contributed by atoms with Gasteiger partial charge < -0.3 is 0 Å². The normalized spacial score (nSPS) is 11.3. The Balaban J connectivity index is 1.53. The van der Waals surface area contributed by atoms with Crippen molar-refractivity contribution in [1.82, 2.24) is 24.3 Å². The summed E-state index contributed by atoms with van der Waals surface area (Å²) in [4.78, 5) is 20.7. The quantitative estimate of drug-likeness (QED) is 0.580. The Morgan fingerprint density at radius 2 is 1.96 bits per heavy atom. The van der Waals surface area contributed by atoms with Crippen molar-refractivity contribution in [2.45, 2.75) is 19.5 Å². The lowest BCUT2D eigenvalue weighted by Crippen LogP contribution is -2.21. The zero-order valence-corrected chi connectivity index (χ0v) is 12.5. The molecule has 3 aromatic heterocycles. The van der Waals surface area contributed by atoms with Gasteiger partial charge in [-0.3, -0.25) is 19.0 Å². The third-order valence-corrected chi connectivity index (χ3v) is 3.95. The maximum Gasteiger partial charge on any atom is 0.262 e. The van der Waals surface area contributed by atoms with Gasteiger partial charge in [0.05, 0.1) is 28.9 Å². The van der Waals surface area contributed by atoms with Gasteiger partial charge in [-0.25, -0.2) is 4.98 Å². The van der Waals surface area contributed by atoms with Crippen molar-refractivity contribution in [2.24, 2.45) is 0 Å². The van der Waals surface area contributed by atoms with Crippen LogP contribution in [0.4, 0.5) is 0 Å². The van der Waals surface area contributed by atoms with Crippen LogP contribution < -0.4 is 5.56 Å². The summed E-state index contributed by atoms with van der Waals surface area (Å²) >= 11 is 0. The number of pyridine rings is 1. The summed E-state index contributed by atoms with van der Waals surface area (Å²) < 4.78 is 3.60. The van der Waals surface area contributed by atoms with Gasteiger partial charge in [0.25, 0.3) is 5.56 Å². The number of aromatic nitrogens is 5. The van der Waals surface area contributed by atoms with E-state index in [9.17, 15) is 4.79 Å². The molecule has 0 unspecified atom stereocenters. The van der Waals surface area contributed by atoms with Crippen LogP contribution in [0.2, 0.25) is 0 Å². The van der Waals surface area contributed by atoms with Crippen LogP contribution in [0.5, 0.6) is 0 Å². The molecule has 4 rings (SSSR count). The fraction of sp³-hybridized carbons (Fsp3) is 0.176. The van der Waals surface area contributed by atoms with Crippen LogP contribution in [0.1, 0.15) is 6.42 Å². The van der Waals surface area contributed by atoms with Gasteiger partial charge in [0, 0.05) is 30.9 Å². The summed E-state index contributed by atoms with van der Waals surface area (Å²) in [5.74, 6) is 0. The molecule has 0 bridgehead atoms. The maximum absolute atomic E-state index is 12.4. The number of fused-ring (bicyclic) bond motifs is 2. The van der Waals surface area contributed by atoms with Gasteiger partial charge in [0.15, 0.2) is 0 Å². The number of hydrogen-bond acceptors (Lipinski definition) is 4. The summed E-state index contributed by atoms with van der Waals surface area (Å²) in [7, 11) is 0. The molecule has 0 amide bonds. The van der Waals surface area contributed by atoms with E-state index in [1.807, 2.05) is 29.1 Å². The van der Waals surface area contributed by atoms with Crippen molar-refractivity contribution in [3.63, 3.8) is 0 Å². The van der Waals surface area contributed by atoms with E-state index in [1.54, 1.807) is 29.4 Å². The van der Waals surface area contributed by atoms with E-state index < -0.39 is 0 Å². The first kappa shape index (κ1) is 13.6. The van der Waals surface area contributed by atoms with Gasteiger partial charge >= 0.3 is 0 Å². The topological polar surface area (TPSA) is 65.6 Å². The van der Waals surface area contributed by atoms with Crippen molar-refractivity contribution in [3.8, 4) is 0 Å². The van der Waals surface area contributed by atoms with Crippen LogP contribution in [-0.2, 0) is 13.1 Å². The minimum Gasteiger partial charge on any atom is -0.299 e. The van der Waals surface area contributed by atoms with Gasteiger partial charge in [0.1, 0.15) is 0 Å². The third-order valence-electron chi connectivity index (χ3n) is 3.95. The molecule has 0 aliphatic heterocycles. The molecule has 0 radical (unpaired) electrons. The first-order chi connectivity index (χ1) is 11.3. The van der Waals surface area contributed by atoms with Gasteiger partial charge in [-0.15, -0.1) is 0 Å². The molecule has 0 aliphatic rings. The molecule has 0 atom stereocenters. The molecule has 0 spiro atoms. The molecule has 0 aliphatic carbocycles. The van der Waals surface area contributed by atoms with Crippen LogP contribution in [0, 0.1) is 0 Å². The van der Waals surface area contributed by atoms with E-state index in [2.05, 4.69) is 21.1 Å².